The second-order valence-corrected chi connectivity index (χ2v) is 4.98. The van der Waals surface area contributed by atoms with Crippen molar-refractivity contribution >= 4 is 17.4 Å². The van der Waals surface area contributed by atoms with Gasteiger partial charge >= 0.3 is 0 Å². The number of halogens is 1. The van der Waals surface area contributed by atoms with E-state index in [0.29, 0.717) is 28.5 Å². The number of nitrogens with two attached hydrogens (primary N) is 1. The highest BCUT2D eigenvalue weighted by atomic mass is 35.5. The summed E-state index contributed by atoms with van der Waals surface area (Å²) in [6, 6.07) is 8.49. The van der Waals surface area contributed by atoms with Crippen LogP contribution in [-0.4, -0.2) is 15.1 Å². The molecule has 0 amide bonds. The van der Waals surface area contributed by atoms with E-state index in [1.54, 1.807) is 12.1 Å². The van der Waals surface area contributed by atoms with Crippen LogP contribution in [0, 0.1) is 6.92 Å². The number of aromatic nitrogens is 2. The number of phenolic OH excluding ortho intramolecular Hbond substituents is 1. The van der Waals surface area contributed by atoms with Crippen LogP contribution in [0.5, 0.6) is 5.75 Å². The van der Waals surface area contributed by atoms with Gasteiger partial charge in [-0.15, -0.1) is 0 Å². The summed E-state index contributed by atoms with van der Waals surface area (Å²) in [6.45, 7) is 1.85. The number of rotatable bonds is 2. The Morgan fingerprint density at radius 1 is 1.19 bits per heavy atom. The van der Waals surface area contributed by atoms with E-state index in [1.807, 2.05) is 19.1 Å². The molecule has 21 heavy (non-hydrogen) atoms. The van der Waals surface area contributed by atoms with E-state index in [4.69, 9.17) is 21.8 Å². The fourth-order valence-electron chi connectivity index (χ4n) is 2.00. The monoisotopic (exact) mass is 301 g/mol. The van der Waals surface area contributed by atoms with Crippen molar-refractivity contribution in [3.63, 3.8) is 0 Å². The summed E-state index contributed by atoms with van der Waals surface area (Å²) < 4.78 is 5.60. The Labute approximate surface area is 126 Å². The minimum atomic E-state index is 0.0132. The Bertz CT molecular complexity index is 814. The quantitative estimate of drug-likeness (QED) is 0.754. The van der Waals surface area contributed by atoms with Gasteiger partial charge in [0.05, 0.1) is 16.9 Å². The summed E-state index contributed by atoms with van der Waals surface area (Å²) in [4.78, 5) is 8.62. The van der Waals surface area contributed by atoms with Gasteiger partial charge in [0.15, 0.2) is 5.76 Å². The lowest BCUT2D eigenvalue weighted by Gasteiger charge is -2.08. The van der Waals surface area contributed by atoms with Crippen LogP contribution in [0.4, 0.5) is 5.82 Å². The number of hydrogen-bond acceptors (Lipinski definition) is 5. The molecule has 3 rings (SSSR count). The van der Waals surface area contributed by atoms with Gasteiger partial charge in [0.1, 0.15) is 23.0 Å². The first kappa shape index (κ1) is 13.5. The molecule has 106 valence electrons. The molecule has 0 unspecified atom stereocenters. The molecule has 0 fully saturated rings. The van der Waals surface area contributed by atoms with Gasteiger partial charge < -0.3 is 15.3 Å². The van der Waals surface area contributed by atoms with Crippen molar-refractivity contribution in [1.82, 2.24) is 9.97 Å². The largest absolute Gasteiger partial charge is 0.506 e. The van der Waals surface area contributed by atoms with Crippen LogP contribution in [0.25, 0.3) is 22.7 Å². The Balaban J connectivity index is 2.20. The van der Waals surface area contributed by atoms with Crippen LogP contribution in [0.1, 0.15) is 5.76 Å². The first-order chi connectivity index (χ1) is 10.0. The second-order valence-electron chi connectivity index (χ2n) is 4.57. The highest BCUT2D eigenvalue weighted by Crippen LogP contribution is 2.34. The van der Waals surface area contributed by atoms with Crippen molar-refractivity contribution in [2.24, 2.45) is 0 Å². The number of aryl methyl sites for hydroxylation is 1. The van der Waals surface area contributed by atoms with Gasteiger partial charge in [-0.1, -0.05) is 11.6 Å². The third kappa shape index (κ3) is 2.55. The Morgan fingerprint density at radius 2 is 2.00 bits per heavy atom. The minimum Gasteiger partial charge on any atom is -0.506 e. The molecule has 3 N–H and O–H groups in total. The number of anilines is 1. The molecule has 0 saturated heterocycles. The first-order valence-electron chi connectivity index (χ1n) is 6.23. The van der Waals surface area contributed by atoms with Crippen molar-refractivity contribution in [3.05, 3.63) is 47.3 Å². The molecule has 6 heteroatoms. The zero-order chi connectivity index (χ0) is 15.0. The number of benzene rings is 1. The molecule has 0 bridgehead atoms. The van der Waals surface area contributed by atoms with Gasteiger partial charge in [-0.2, -0.15) is 0 Å². The van der Waals surface area contributed by atoms with Gasteiger partial charge in [-0.3, -0.25) is 0 Å². The van der Waals surface area contributed by atoms with Gasteiger partial charge in [-0.05, 0) is 37.3 Å². The fourth-order valence-corrected chi connectivity index (χ4v) is 2.18. The molecule has 0 aliphatic carbocycles. The predicted molar refractivity (Wildman–Crippen MR) is 81.0 cm³/mol. The van der Waals surface area contributed by atoms with Crippen LogP contribution in [0.3, 0.4) is 0 Å². The van der Waals surface area contributed by atoms with E-state index in [1.165, 1.54) is 12.3 Å². The minimum absolute atomic E-state index is 0.0132. The summed E-state index contributed by atoms with van der Waals surface area (Å²) in [6.07, 6.45) is 1.47. The fraction of sp³-hybridized carbons (Fsp3) is 0.0667. The number of nitrogens with zero attached hydrogens (tertiary/aromatic N) is 2. The molecule has 0 aliphatic rings. The summed E-state index contributed by atoms with van der Waals surface area (Å²) in [7, 11) is 0. The van der Waals surface area contributed by atoms with Gasteiger partial charge in [-0.25, -0.2) is 9.97 Å². The van der Waals surface area contributed by atoms with Crippen LogP contribution < -0.4 is 5.73 Å². The van der Waals surface area contributed by atoms with Gasteiger partial charge in [0.25, 0.3) is 0 Å². The lowest BCUT2D eigenvalue weighted by molar-refractivity contribution is 0.475. The normalized spacial score (nSPS) is 10.8. The molecule has 1 aromatic carbocycles. The van der Waals surface area contributed by atoms with Crippen molar-refractivity contribution in [1.29, 1.82) is 0 Å². The SMILES string of the molecule is Cc1ccc(-c2nc(N)cnc2-c2ccc(O)c(Cl)c2)o1. The van der Waals surface area contributed by atoms with Crippen LogP contribution in [0.2, 0.25) is 5.02 Å². The van der Waals surface area contributed by atoms with E-state index >= 15 is 0 Å². The molecule has 0 saturated carbocycles. The molecule has 2 aromatic heterocycles. The topological polar surface area (TPSA) is 85.2 Å². The summed E-state index contributed by atoms with van der Waals surface area (Å²) >= 11 is 5.95. The van der Waals surface area contributed by atoms with E-state index in [-0.39, 0.29) is 10.8 Å². The third-order valence-electron chi connectivity index (χ3n) is 2.99. The zero-order valence-corrected chi connectivity index (χ0v) is 11.9. The molecule has 5 nitrogen and oxygen atoms in total. The van der Waals surface area contributed by atoms with Crippen molar-refractivity contribution in [3.8, 4) is 28.5 Å². The Morgan fingerprint density at radius 3 is 2.67 bits per heavy atom. The smallest absolute Gasteiger partial charge is 0.154 e. The summed E-state index contributed by atoms with van der Waals surface area (Å²) in [5.74, 6) is 1.65. The number of nitrogen functional groups attached to an aromatic ring is 1. The third-order valence-corrected chi connectivity index (χ3v) is 3.29. The lowest BCUT2D eigenvalue weighted by atomic mass is 10.1. The average molecular weight is 302 g/mol. The predicted octanol–water partition coefficient (Wildman–Crippen LogP) is 3.65. The van der Waals surface area contributed by atoms with E-state index in [2.05, 4.69) is 9.97 Å². The number of hydrogen-bond donors (Lipinski definition) is 2. The van der Waals surface area contributed by atoms with E-state index in [9.17, 15) is 5.11 Å². The van der Waals surface area contributed by atoms with E-state index < -0.39 is 0 Å². The second kappa shape index (κ2) is 5.10. The number of phenols is 1. The molecule has 0 radical (unpaired) electrons. The lowest BCUT2D eigenvalue weighted by Crippen LogP contribution is -1.97. The molecule has 0 atom stereocenters. The maximum absolute atomic E-state index is 9.52. The highest BCUT2D eigenvalue weighted by Gasteiger charge is 2.15. The number of furan rings is 1. The Kier molecular flexibility index (Phi) is 3.27. The van der Waals surface area contributed by atoms with Crippen molar-refractivity contribution in [2.45, 2.75) is 6.92 Å². The van der Waals surface area contributed by atoms with Gasteiger partial charge in [0.2, 0.25) is 0 Å². The van der Waals surface area contributed by atoms with Crippen molar-refractivity contribution < 1.29 is 9.52 Å². The maximum atomic E-state index is 9.52. The first-order valence-corrected chi connectivity index (χ1v) is 6.60. The standard InChI is InChI=1S/C15H12ClN3O2/c1-8-2-5-12(21-8)15-14(18-7-13(17)19-15)9-3-4-11(20)10(16)6-9/h2-7,20H,1H3,(H2,17,19). The van der Waals surface area contributed by atoms with E-state index in [0.717, 1.165) is 5.76 Å². The molecular formula is C15H12ClN3O2. The van der Waals surface area contributed by atoms with Crippen LogP contribution in [-0.2, 0) is 0 Å². The van der Waals surface area contributed by atoms with Gasteiger partial charge in [0, 0.05) is 5.56 Å². The maximum Gasteiger partial charge on any atom is 0.154 e. The Hall–Kier alpha value is -2.53. The molecule has 0 aliphatic heterocycles. The van der Waals surface area contributed by atoms with Crippen LogP contribution >= 0.6 is 11.6 Å². The van der Waals surface area contributed by atoms with Crippen LogP contribution in [0.15, 0.2) is 40.9 Å². The molecular weight excluding hydrogens is 290 g/mol. The molecule has 2 heterocycles. The summed E-state index contributed by atoms with van der Waals surface area (Å²) in [5, 5.41) is 9.76. The average Bonchev–Trinajstić information content (AvgIpc) is 2.88. The highest BCUT2D eigenvalue weighted by molar-refractivity contribution is 6.32. The molecule has 0 spiro atoms. The zero-order valence-electron chi connectivity index (χ0n) is 11.2. The molecule has 3 aromatic rings. The number of aromatic hydroxyl groups is 1. The summed E-state index contributed by atoms with van der Waals surface area (Å²) in [5.41, 5.74) is 7.56. The van der Waals surface area contributed by atoms with Crippen molar-refractivity contribution in [2.75, 3.05) is 5.73 Å².